The third-order valence-corrected chi connectivity index (χ3v) is 14.8. The van der Waals surface area contributed by atoms with Gasteiger partial charge in [-0.3, -0.25) is 10.1 Å². The van der Waals surface area contributed by atoms with Crippen molar-refractivity contribution in [1.82, 2.24) is 16.0 Å². The quantitative estimate of drug-likeness (QED) is 0.0926. The molecule has 7 atom stereocenters. The Bertz CT molecular complexity index is 2530. The maximum Gasteiger partial charge on any atom is 0.334 e. The largest absolute Gasteiger partial charge is 0.508 e. The van der Waals surface area contributed by atoms with Gasteiger partial charge in [0.2, 0.25) is 0 Å². The molecule has 0 saturated heterocycles. The molecule has 13 heteroatoms. The number of aliphatic hydroxyl groups excluding tert-OH is 2. The highest BCUT2D eigenvalue weighted by atomic mass is 16.6. The molecule has 0 amide bonds. The molecule has 7 unspecified atom stereocenters. The van der Waals surface area contributed by atoms with Gasteiger partial charge in [-0.05, 0) is 117 Å². The number of likely N-dealkylation sites (N-methyl/N-ethyl adjacent to an activating group) is 1. The van der Waals surface area contributed by atoms with Gasteiger partial charge in [0.05, 0.1) is 12.8 Å². The van der Waals surface area contributed by atoms with E-state index in [1.54, 1.807) is 12.1 Å². The van der Waals surface area contributed by atoms with Gasteiger partial charge in [-0.15, -0.1) is 0 Å². The van der Waals surface area contributed by atoms with E-state index in [2.05, 4.69) is 41.1 Å². The summed E-state index contributed by atoms with van der Waals surface area (Å²) in [4.78, 5) is 28.8. The van der Waals surface area contributed by atoms with Crippen molar-refractivity contribution in [3.05, 3.63) is 121 Å². The van der Waals surface area contributed by atoms with Crippen molar-refractivity contribution < 1.29 is 39.1 Å². The number of hydrogen-bond donors (Lipinski definition) is 8. The molecule has 6 aliphatic rings. The average molecular weight is 861 g/mol. The highest BCUT2D eigenvalue weighted by Crippen LogP contribution is 2.59. The summed E-state index contributed by atoms with van der Waals surface area (Å²) in [6.45, 7) is 6.13. The highest BCUT2D eigenvalue weighted by molar-refractivity contribution is 5.92. The first-order valence-corrected chi connectivity index (χ1v) is 22.7. The van der Waals surface area contributed by atoms with E-state index >= 15 is 0 Å². The summed E-state index contributed by atoms with van der Waals surface area (Å²) in [5, 5.41) is 55.8. The fraction of sp³-hybridized carbons (Fsp3) is 0.480. The van der Waals surface area contributed by atoms with Crippen LogP contribution in [0.4, 0.5) is 0 Å². The van der Waals surface area contributed by atoms with Gasteiger partial charge in [-0.2, -0.15) is 0 Å². The molecule has 13 nitrogen and oxygen atoms in total. The number of carbonyl (C=O) groups is 1. The number of aromatic hydroxyl groups is 2. The average Bonchev–Trinajstić information content (AvgIpc) is 3.81. The number of benzene rings is 2. The first kappa shape index (κ1) is 42.8. The molecule has 334 valence electrons. The SMILES string of the molecule is CC=C(C(=O)OC1Cc2c3c(c4oc(CO)cc(=O)c4c2O)C2C4=CCNC(N)=C4C(CCc4ccc(O)cc4C2CO)CC(CC2=CNC(NCC)C=C2)C1(C)O3)C1CCCC1. The second-order valence-electron chi connectivity index (χ2n) is 18.3. The summed E-state index contributed by atoms with van der Waals surface area (Å²) in [6, 6.07) is 6.44. The molecule has 9 N–H and O–H groups in total. The fourth-order valence-corrected chi connectivity index (χ4v) is 11.6. The Balaban J connectivity index is 1.35. The Morgan fingerprint density at radius 2 is 1.95 bits per heavy atom. The molecular weight excluding hydrogens is 801 g/mol. The van der Waals surface area contributed by atoms with E-state index in [1.807, 2.05) is 32.2 Å². The van der Waals surface area contributed by atoms with Crippen LogP contribution in [0.5, 0.6) is 17.2 Å². The summed E-state index contributed by atoms with van der Waals surface area (Å²) < 4.78 is 20.8. The van der Waals surface area contributed by atoms with Crippen LogP contribution in [0.2, 0.25) is 0 Å². The lowest BCUT2D eigenvalue weighted by molar-refractivity contribution is -0.166. The van der Waals surface area contributed by atoms with Crippen molar-refractivity contribution in [1.29, 1.82) is 0 Å². The second-order valence-corrected chi connectivity index (χ2v) is 18.3. The molecule has 9 rings (SSSR count). The highest BCUT2D eigenvalue weighted by Gasteiger charge is 2.54. The minimum absolute atomic E-state index is 0.0114. The van der Waals surface area contributed by atoms with Gasteiger partial charge >= 0.3 is 5.97 Å². The Labute approximate surface area is 367 Å². The van der Waals surface area contributed by atoms with Gasteiger partial charge in [0.1, 0.15) is 58.1 Å². The molecule has 2 aromatic carbocycles. The Morgan fingerprint density at radius 3 is 2.67 bits per heavy atom. The van der Waals surface area contributed by atoms with Crippen LogP contribution in [0.1, 0.15) is 106 Å². The molecule has 5 heterocycles. The van der Waals surface area contributed by atoms with E-state index in [9.17, 15) is 30.0 Å². The zero-order valence-electron chi connectivity index (χ0n) is 36.3. The molecule has 4 bridgehead atoms. The van der Waals surface area contributed by atoms with Gasteiger partial charge < -0.3 is 50.7 Å². The van der Waals surface area contributed by atoms with Crippen LogP contribution in [0.3, 0.4) is 0 Å². The molecule has 0 radical (unpaired) electrons. The van der Waals surface area contributed by atoms with E-state index in [1.165, 1.54) is 6.07 Å². The zero-order chi connectivity index (χ0) is 44.2. The number of dihydropyridines is 2. The number of aliphatic hydroxyl groups is 2. The topological polar surface area (TPSA) is 209 Å². The third-order valence-electron chi connectivity index (χ3n) is 14.8. The first-order chi connectivity index (χ1) is 30.5. The Kier molecular flexibility index (Phi) is 11.7. The molecule has 2 aliphatic carbocycles. The van der Waals surface area contributed by atoms with Crippen LogP contribution >= 0.6 is 0 Å². The molecule has 63 heavy (non-hydrogen) atoms. The number of aryl methyl sites for hydroxylation is 1. The Morgan fingerprint density at radius 1 is 1.14 bits per heavy atom. The lowest BCUT2D eigenvalue weighted by Crippen LogP contribution is -2.57. The maximum absolute atomic E-state index is 14.6. The van der Waals surface area contributed by atoms with Gasteiger partial charge in [0.15, 0.2) is 5.43 Å². The first-order valence-electron chi connectivity index (χ1n) is 22.7. The normalized spacial score (nSPS) is 28.0. The predicted molar refractivity (Wildman–Crippen MR) is 239 cm³/mol. The smallest absolute Gasteiger partial charge is 0.334 e. The van der Waals surface area contributed by atoms with Crippen LogP contribution in [0.25, 0.3) is 11.0 Å². The van der Waals surface area contributed by atoms with E-state index in [-0.39, 0.29) is 76.5 Å². The lowest BCUT2D eigenvalue weighted by atomic mass is 9.65. The number of phenolic OH excluding ortho intramolecular Hbond substituents is 2. The van der Waals surface area contributed by atoms with Crippen molar-refractivity contribution in [2.45, 2.75) is 115 Å². The molecular formula is C50H60N4O9. The lowest BCUT2D eigenvalue weighted by Gasteiger charge is -2.50. The number of rotatable bonds is 9. The molecule has 0 spiro atoms. The zero-order valence-corrected chi connectivity index (χ0v) is 36.3. The fourth-order valence-electron chi connectivity index (χ4n) is 11.6. The number of allylic oxidation sites excluding steroid dienone is 5. The van der Waals surface area contributed by atoms with E-state index in [0.29, 0.717) is 49.2 Å². The number of esters is 1. The summed E-state index contributed by atoms with van der Waals surface area (Å²) in [6.07, 6.45) is 15.4. The van der Waals surface area contributed by atoms with Crippen molar-refractivity contribution >= 4 is 16.9 Å². The third kappa shape index (κ3) is 7.51. The Hall–Kier alpha value is -5.50. The van der Waals surface area contributed by atoms with Crippen LogP contribution in [-0.2, 0) is 29.0 Å². The number of phenols is 2. The van der Waals surface area contributed by atoms with Crippen molar-refractivity contribution in [3.63, 3.8) is 0 Å². The van der Waals surface area contributed by atoms with E-state index < -0.39 is 41.5 Å². The van der Waals surface area contributed by atoms with Gasteiger partial charge in [-0.25, -0.2) is 4.79 Å². The number of fused-ring (bicyclic) bond motifs is 5. The number of ether oxygens (including phenoxy) is 2. The molecule has 1 aromatic heterocycles. The van der Waals surface area contributed by atoms with Crippen LogP contribution in [0.15, 0.2) is 92.1 Å². The number of carbonyl (C=O) groups excluding carboxylic acids is 1. The van der Waals surface area contributed by atoms with Crippen LogP contribution in [-0.4, -0.2) is 64.0 Å². The molecule has 4 aliphatic heterocycles. The second kappa shape index (κ2) is 17.2. The van der Waals surface area contributed by atoms with Crippen molar-refractivity contribution in [2.75, 3.05) is 19.7 Å². The summed E-state index contributed by atoms with van der Waals surface area (Å²) in [5.74, 6) is -1.96. The monoisotopic (exact) mass is 860 g/mol. The van der Waals surface area contributed by atoms with Crippen molar-refractivity contribution in [3.8, 4) is 17.2 Å². The number of hydrogen-bond acceptors (Lipinski definition) is 13. The molecule has 3 aromatic rings. The number of nitrogens with one attached hydrogen (secondary N) is 3. The van der Waals surface area contributed by atoms with E-state index in [0.717, 1.165) is 60.1 Å². The summed E-state index contributed by atoms with van der Waals surface area (Å²) in [5.41, 5.74) is 11.0. The van der Waals surface area contributed by atoms with Gasteiger partial charge in [0, 0.05) is 59.7 Å². The molecule has 1 fully saturated rings. The van der Waals surface area contributed by atoms with Crippen molar-refractivity contribution in [2.24, 2.45) is 23.5 Å². The number of nitrogens with two attached hydrogens (primary N) is 1. The van der Waals surface area contributed by atoms with Gasteiger partial charge in [-0.1, -0.05) is 44.1 Å². The van der Waals surface area contributed by atoms with Gasteiger partial charge in [0.25, 0.3) is 0 Å². The van der Waals surface area contributed by atoms with Crippen LogP contribution < -0.4 is 31.8 Å². The summed E-state index contributed by atoms with van der Waals surface area (Å²) >= 11 is 0. The maximum atomic E-state index is 14.6. The predicted octanol–water partition coefficient (Wildman–Crippen LogP) is 5.95. The standard InChI is InChI=1S/C50H60N4O9/c1-4-33(27-8-6-7-9-27)49(60)62-39-22-36-45(59)43-38(58)21-32(24-55)61-47(43)44-42-34-16-17-53-48(51)41(34)29(12-11-28-13-14-31(57)20-35(28)37(42)25-56)19-30(50(39,3)63-46(36)44)18-26-10-15-40(52-5-2)54-23-26/h4,10,13-16,20-21,23,27,29-30,37,39-40,42,52-57,59H,5-9,11-12,17-19,22,24-25,51H2,1-3H3. The molecule has 1 saturated carbocycles. The minimum atomic E-state index is -1.25. The van der Waals surface area contributed by atoms with Crippen LogP contribution in [0, 0.1) is 17.8 Å². The van der Waals surface area contributed by atoms with E-state index in [4.69, 9.17) is 19.6 Å². The minimum Gasteiger partial charge on any atom is -0.508 e. The summed E-state index contributed by atoms with van der Waals surface area (Å²) in [7, 11) is 0.